The molecular weight excluding hydrogens is 241 g/mol. The standard InChI is InChI=1S/C16H22FNO/c1-12(2)6-9-16(19)18(15-7-8-15)11-13-4-3-5-14(17)10-13/h3-5,10,12,15H,6-9,11H2,1-2H3. The fraction of sp³-hybridized carbons (Fsp3) is 0.562. The van der Waals surface area contributed by atoms with Crippen LogP contribution in [0.25, 0.3) is 0 Å². The molecule has 1 amide bonds. The average molecular weight is 263 g/mol. The van der Waals surface area contributed by atoms with E-state index in [4.69, 9.17) is 0 Å². The Morgan fingerprint density at radius 1 is 1.42 bits per heavy atom. The lowest BCUT2D eigenvalue weighted by Crippen LogP contribution is -2.32. The highest BCUT2D eigenvalue weighted by molar-refractivity contribution is 5.76. The van der Waals surface area contributed by atoms with E-state index < -0.39 is 0 Å². The summed E-state index contributed by atoms with van der Waals surface area (Å²) < 4.78 is 13.2. The summed E-state index contributed by atoms with van der Waals surface area (Å²) in [5.74, 6) is 0.516. The maximum Gasteiger partial charge on any atom is 0.223 e. The van der Waals surface area contributed by atoms with Crippen molar-refractivity contribution in [3.05, 3.63) is 35.6 Å². The number of carbonyl (C=O) groups is 1. The van der Waals surface area contributed by atoms with Gasteiger partial charge >= 0.3 is 0 Å². The molecule has 104 valence electrons. The molecule has 2 rings (SSSR count). The average Bonchev–Trinajstić information content (AvgIpc) is 3.17. The van der Waals surface area contributed by atoms with Crippen LogP contribution < -0.4 is 0 Å². The predicted molar refractivity (Wildman–Crippen MR) is 74.0 cm³/mol. The van der Waals surface area contributed by atoms with Gasteiger partial charge in [0.15, 0.2) is 0 Å². The topological polar surface area (TPSA) is 20.3 Å². The first kappa shape index (κ1) is 14.0. The van der Waals surface area contributed by atoms with Crippen molar-refractivity contribution in [2.24, 2.45) is 5.92 Å². The number of benzene rings is 1. The quantitative estimate of drug-likeness (QED) is 0.765. The summed E-state index contributed by atoms with van der Waals surface area (Å²) in [6.45, 7) is 4.79. The van der Waals surface area contributed by atoms with E-state index in [0.717, 1.165) is 24.8 Å². The van der Waals surface area contributed by atoms with Crippen molar-refractivity contribution >= 4 is 5.91 Å². The van der Waals surface area contributed by atoms with Crippen molar-refractivity contribution in [2.75, 3.05) is 0 Å². The van der Waals surface area contributed by atoms with Gasteiger partial charge in [0.25, 0.3) is 0 Å². The van der Waals surface area contributed by atoms with Gasteiger partial charge in [-0.15, -0.1) is 0 Å². The second-order valence-electron chi connectivity index (χ2n) is 5.82. The van der Waals surface area contributed by atoms with Crippen molar-refractivity contribution in [3.8, 4) is 0 Å². The number of hydrogen-bond donors (Lipinski definition) is 0. The number of amides is 1. The molecule has 0 atom stereocenters. The zero-order chi connectivity index (χ0) is 13.8. The molecule has 0 aliphatic heterocycles. The minimum absolute atomic E-state index is 0.209. The lowest BCUT2D eigenvalue weighted by Gasteiger charge is -2.23. The van der Waals surface area contributed by atoms with Crippen molar-refractivity contribution in [1.29, 1.82) is 0 Å². The zero-order valence-corrected chi connectivity index (χ0v) is 11.7. The Morgan fingerprint density at radius 2 is 2.16 bits per heavy atom. The van der Waals surface area contributed by atoms with Gasteiger partial charge in [-0.1, -0.05) is 26.0 Å². The number of nitrogens with zero attached hydrogens (tertiary/aromatic N) is 1. The largest absolute Gasteiger partial charge is 0.335 e. The summed E-state index contributed by atoms with van der Waals surface area (Å²) in [4.78, 5) is 14.2. The third-order valence-electron chi connectivity index (χ3n) is 3.49. The highest BCUT2D eigenvalue weighted by atomic mass is 19.1. The summed E-state index contributed by atoms with van der Waals surface area (Å²) in [5, 5.41) is 0. The molecular formula is C16H22FNO. The Balaban J connectivity index is 1.98. The third-order valence-corrected chi connectivity index (χ3v) is 3.49. The molecule has 3 heteroatoms. The molecule has 1 aliphatic rings. The van der Waals surface area contributed by atoms with Crippen LogP contribution in [0.5, 0.6) is 0 Å². The summed E-state index contributed by atoms with van der Waals surface area (Å²) in [5.41, 5.74) is 0.879. The van der Waals surface area contributed by atoms with Crippen molar-refractivity contribution < 1.29 is 9.18 Å². The van der Waals surface area contributed by atoms with Crippen LogP contribution in [-0.4, -0.2) is 16.8 Å². The van der Waals surface area contributed by atoms with E-state index in [2.05, 4.69) is 13.8 Å². The van der Waals surface area contributed by atoms with E-state index in [1.54, 1.807) is 6.07 Å². The molecule has 1 aromatic rings. The molecule has 1 fully saturated rings. The minimum atomic E-state index is -0.233. The summed E-state index contributed by atoms with van der Waals surface area (Å²) >= 11 is 0. The summed E-state index contributed by atoms with van der Waals surface area (Å²) in [7, 11) is 0. The van der Waals surface area contributed by atoms with Gasteiger partial charge < -0.3 is 4.90 Å². The molecule has 1 aromatic carbocycles. The Morgan fingerprint density at radius 3 is 2.74 bits per heavy atom. The van der Waals surface area contributed by atoms with Gasteiger partial charge in [0.2, 0.25) is 5.91 Å². The van der Waals surface area contributed by atoms with E-state index in [-0.39, 0.29) is 11.7 Å². The molecule has 0 unspecified atom stereocenters. The Bertz CT molecular complexity index is 440. The predicted octanol–water partition coefficient (Wildman–Crippen LogP) is 3.75. The van der Waals surface area contributed by atoms with E-state index in [0.29, 0.717) is 24.9 Å². The highest BCUT2D eigenvalue weighted by Gasteiger charge is 2.32. The normalized spacial score (nSPS) is 14.7. The van der Waals surface area contributed by atoms with Gasteiger partial charge in [0, 0.05) is 19.0 Å². The lowest BCUT2D eigenvalue weighted by atomic mass is 10.1. The molecule has 19 heavy (non-hydrogen) atoms. The van der Waals surface area contributed by atoms with Crippen LogP contribution in [0.3, 0.4) is 0 Å². The van der Waals surface area contributed by atoms with E-state index in [1.165, 1.54) is 12.1 Å². The number of rotatable bonds is 6. The zero-order valence-electron chi connectivity index (χ0n) is 11.7. The Hall–Kier alpha value is -1.38. The number of hydrogen-bond acceptors (Lipinski definition) is 1. The second-order valence-corrected chi connectivity index (χ2v) is 5.82. The van der Waals surface area contributed by atoms with Crippen LogP contribution in [0, 0.1) is 11.7 Å². The fourth-order valence-corrected chi connectivity index (χ4v) is 2.19. The molecule has 0 N–H and O–H groups in total. The molecule has 0 aromatic heterocycles. The SMILES string of the molecule is CC(C)CCC(=O)N(Cc1cccc(F)c1)C1CC1. The van der Waals surface area contributed by atoms with Gasteiger partial charge in [0.05, 0.1) is 0 Å². The molecule has 1 saturated carbocycles. The third kappa shape index (κ3) is 4.34. The Kier molecular flexibility index (Phi) is 4.56. The van der Waals surface area contributed by atoms with Crippen molar-refractivity contribution in [3.63, 3.8) is 0 Å². The molecule has 0 spiro atoms. The van der Waals surface area contributed by atoms with Gasteiger partial charge in [0.1, 0.15) is 5.82 Å². The number of carbonyl (C=O) groups excluding carboxylic acids is 1. The van der Waals surface area contributed by atoms with E-state index >= 15 is 0 Å². The number of halogens is 1. The van der Waals surface area contributed by atoms with Crippen LogP contribution in [0.4, 0.5) is 4.39 Å². The van der Waals surface area contributed by atoms with Crippen molar-refractivity contribution in [1.82, 2.24) is 4.90 Å². The van der Waals surface area contributed by atoms with Crippen LogP contribution in [-0.2, 0) is 11.3 Å². The van der Waals surface area contributed by atoms with Gasteiger partial charge in [-0.2, -0.15) is 0 Å². The molecule has 0 bridgehead atoms. The maximum atomic E-state index is 13.2. The van der Waals surface area contributed by atoms with Crippen LogP contribution in [0.1, 0.15) is 45.1 Å². The summed E-state index contributed by atoms with van der Waals surface area (Å²) in [6.07, 6.45) is 3.69. The molecule has 0 radical (unpaired) electrons. The van der Waals surface area contributed by atoms with Crippen molar-refractivity contribution in [2.45, 2.75) is 52.1 Å². The first-order valence-electron chi connectivity index (χ1n) is 7.10. The first-order chi connectivity index (χ1) is 9.06. The lowest BCUT2D eigenvalue weighted by molar-refractivity contribution is -0.132. The van der Waals surface area contributed by atoms with Crippen LogP contribution >= 0.6 is 0 Å². The van der Waals surface area contributed by atoms with Gasteiger partial charge in [-0.3, -0.25) is 4.79 Å². The minimum Gasteiger partial charge on any atom is -0.335 e. The highest BCUT2D eigenvalue weighted by Crippen LogP contribution is 2.29. The van der Waals surface area contributed by atoms with E-state index in [9.17, 15) is 9.18 Å². The molecule has 1 aliphatic carbocycles. The van der Waals surface area contributed by atoms with Crippen LogP contribution in [0.2, 0.25) is 0 Å². The van der Waals surface area contributed by atoms with E-state index in [1.807, 2.05) is 11.0 Å². The summed E-state index contributed by atoms with van der Waals surface area (Å²) in [6, 6.07) is 6.92. The monoisotopic (exact) mass is 263 g/mol. The fourth-order valence-electron chi connectivity index (χ4n) is 2.19. The molecule has 0 heterocycles. The molecule has 0 saturated heterocycles. The Labute approximate surface area is 114 Å². The molecule has 2 nitrogen and oxygen atoms in total. The van der Waals surface area contributed by atoms with Gasteiger partial charge in [-0.05, 0) is 42.9 Å². The van der Waals surface area contributed by atoms with Gasteiger partial charge in [-0.25, -0.2) is 4.39 Å². The maximum absolute atomic E-state index is 13.2. The second kappa shape index (κ2) is 6.18. The smallest absolute Gasteiger partial charge is 0.223 e. The first-order valence-corrected chi connectivity index (χ1v) is 7.10. The van der Waals surface area contributed by atoms with Crippen LogP contribution in [0.15, 0.2) is 24.3 Å².